The van der Waals surface area contributed by atoms with E-state index in [1.807, 2.05) is 0 Å². The predicted molar refractivity (Wildman–Crippen MR) is 88.2 cm³/mol. The molecule has 118 valence electrons. The summed E-state index contributed by atoms with van der Waals surface area (Å²) in [6.45, 7) is 7.28. The number of hydrogen-bond acceptors (Lipinski definition) is 3. The van der Waals surface area contributed by atoms with Crippen molar-refractivity contribution in [1.82, 2.24) is 0 Å². The van der Waals surface area contributed by atoms with Gasteiger partial charge in [0.15, 0.2) is 0 Å². The maximum Gasteiger partial charge on any atom is 0.0516 e. The highest BCUT2D eigenvalue weighted by molar-refractivity contribution is 5.52. The molecule has 7 nitrogen and oxygen atoms in total. The van der Waals surface area contributed by atoms with E-state index in [0.717, 1.165) is 41.5 Å². The van der Waals surface area contributed by atoms with Crippen molar-refractivity contribution in [2.45, 2.75) is 59.7 Å². The fraction of sp³-hybridized carbons (Fsp3) is 0.600. The topological polar surface area (TPSA) is 124 Å². The van der Waals surface area contributed by atoms with Gasteiger partial charge < -0.3 is 5.73 Å². The normalized spacial score (nSPS) is 10.0. The number of rotatable bonds is 8. The van der Waals surface area contributed by atoms with Crippen molar-refractivity contribution in [1.29, 1.82) is 0 Å². The van der Waals surface area contributed by atoms with Gasteiger partial charge in [0, 0.05) is 16.4 Å². The van der Waals surface area contributed by atoms with Gasteiger partial charge in [-0.05, 0) is 63.7 Å². The maximum absolute atomic E-state index is 8.66. The Labute approximate surface area is 130 Å². The van der Waals surface area contributed by atoms with E-state index in [1.165, 1.54) is 11.1 Å². The largest absolute Gasteiger partial charge is 0.326 e. The van der Waals surface area contributed by atoms with E-state index in [0.29, 0.717) is 19.6 Å². The number of azide groups is 2. The van der Waals surface area contributed by atoms with Crippen LogP contribution in [-0.4, -0.2) is 0 Å². The Kier molecular flexibility index (Phi) is 7.26. The summed E-state index contributed by atoms with van der Waals surface area (Å²) < 4.78 is 0. The smallest absolute Gasteiger partial charge is 0.0516 e. The molecule has 0 aliphatic heterocycles. The Hall–Kier alpha value is -2.20. The van der Waals surface area contributed by atoms with Crippen molar-refractivity contribution < 1.29 is 0 Å². The van der Waals surface area contributed by atoms with Gasteiger partial charge in [0.25, 0.3) is 0 Å². The molecule has 1 aromatic carbocycles. The zero-order valence-electron chi connectivity index (χ0n) is 13.5. The molecule has 0 aromatic heterocycles. The van der Waals surface area contributed by atoms with Crippen LogP contribution in [0.4, 0.5) is 0 Å². The third-order valence-electron chi connectivity index (χ3n) is 4.03. The summed E-state index contributed by atoms with van der Waals surface area (Å²) in [6, 6.07) is 0. The van der Waals surface area contributed by atoms with E-state index in [4.69, 9.17) is 16.8 Å². The highest BCUT2D eigenvalue weighted by atomic mass is 15.1. The van der Waals surface area contributed by atoms with Crippen LogP contribution in [0, 0.1) is 0 Å². The van der Waals surface area contributed by atoms with Crippen molar-refractivity contribution in [2.24, 2.45) is 16.0 Å². The minimum absolute atomic E-state index is 0.309. The summed E-state index contributed by atoms with van der Waals surface area (Å²) in [5, 5.41) is 7.50. The Bertz CT molecular complexity index is 574. The van der Waals surface area contributed by atoms with Gasteiger partial charge in [-0.1, -0.05) is 31.0 Å². The SMILES string of the molecule is CCc1c(CN)c(CC)c(CN=[N+]=[N-])c(CC)c1CN=[N+]=[N-]. The number of nitrogens with two attached hydrogens (primary N) is 1. The molecule has 0 fully saturated rings. The summed E-state index contributed by atoms with van der Waals surface area (Å²) in [4.78, 5) is 5.77. The fourth-order valence-electron chi connectivity index (χ4n) is 3.21. The lowest BCUT2D eigenvalue weighted by Crippen LogP contribution is -2.15. The summed E-state index contributed by atoms with van der Waals surface area (Å²) in [6.07, 6.45) is 2.48. The van der Waals surface area contributed by atoms with Gasteiger partial charge in [0.1, 0.15) is 0 Å². The van der Waals surface area contributed by atoms with E-state index in [1.54, 1.807) is 0 Å². The molecule has 0 aliphatic rings. The van der Waals surface area contributed by atoms with Crippen LogP contribution in [0.5, 0.6) is 0 Å². The molecule has 0 aliphatic carbocycles. The summed E-state index contributed by atoms with van der Waals surface area (Å²) in [5.74, 6) is 0. The maximum atomic E-state index is 8.66. The van der Waals surface area contributed by atoms with Gasteiger partial charge in [0.05, 0.1) is 13.1 Å². The first kappa shape index (κ1) is 17.9. The predicted octanol–water partition coefficient (Wildman–Crippen LogP) is 4.45. The third kappa shape index (κ3) is 3.52. The molecule has 2 N–H and O–H groups in total. The van der Waals surface area contributed by atoms with Crippen molar-refractivity contribution in [3.05, 3.63) is 54.3 Å². The van der Waals surface area contributed by atoms with Gasteiger partial charge in [-0.15, -0.1) is 0 Å². The Morgan fingerprint density at radius 1 is 0.727 bits per heavy atom. The quantitative estimate of drug-likeness (QED) is 0.425. The molecular formula is C15H23N7. The van der Waals surface area contributed by atoms with Crippen LogP contribution < -0.4 is 5.73 Å². The molecule has 1 rings (SSSR count). The Balaban J connectivity index is 3.78. The first-order chi connectivity index (χ1) is 10.7. The lowest BCUT2D eigenvalue weighted by molar-refractivity contribution is 0.848. The molecule has 7 heteroatoms. The number of benzene rings is 1. The summed E-state index contributed by atoms with van der Waals surface area (Å²) in [7, 11) is 0. The van der Waals surface area contributed by atoms with Crippen LogP contribution in [0.3, 0.4) is 0 Å². The van der Waals surface area contributed by atoms with Gasteiger partial charge >= 0.3 is 0 Å². The molecule has 0 bridgehead atoms. The van der Waals surface area contributed by atoms with E-state index in [-0.39, 0.29) is 0 Å². The van der Waals surface area contributed by atoms with Gasteiger partial charge in [0.2, 0.25) is 0 Å². The molecule has 0 saturated heterocycles. The average Bonchev–Trinajstić information content (AvgIpc) is 2.55. The molecule has 0 saturated carbocycles. The number of nitrogens with zero attached hydrogens (tertiary/aromatic N) is 6. The zero-order valence-corrected chi connectivity index (χ0v) is 13.5. The van der Waals surface area contributed by atoms with Crippen molar-refractivity contribution in [3.8, 4) is 0 Å². The van der Waals surface area contributed by atoms with Crippen molar-refractivity contribution in [3.63, 3.8) is 0 Å². The second-order valence-corrected chi connectivity index (χ2v) is 4.91. The van der Waals surface area contributed by atoms with Crippen molar-refractivity contribution in [2.75, 3.05) is 0 Å². The third-order valence-corrected chi connectivity index (χ3v) is 4.03. The standard InChI is InChI=1S/C15H23N7/c1-4-10-13(7-16)11(5-2)15(9-20-22-18)12(6-3)14(10)8-19-21-17/h4-9,16H2,1-3H3. The van der Waals surface area contributed by atoms with Crippen LogP contribution in [-0.2, 0) is 38.9 Å². The molecule has 1 aromatic rings. The molecule has 0 unspecified atom stereocenters. The monoisotopic (exact) mass is 301 g/mol. The van der Waals surface area contributed by atoms with Crippen LogP contribution in [0.1, 0.15) is 54.2 Å². The Morgan fingerprint density at radius 3 is 1.36 bits per heavy atom. The van der Waals surface area contributed by atoms with Crippen LogP contribution in [0.2, 0.25) is 0 Å². The number of hydrogen-bond donors (Lipinski definition) is 1. The first-order valence-electron chi connectivity index (χ1n) is 7.58. The second-order valence-electron chi connectivity index (χ2n) is 4.91. The molecule has 0 spiro atoms. The summed E-state index contributed by atoms with van der Waals surface area (Å²) in [5.41, 5.74) is 30.0. The van der Waals surface area contributed by atoms with Crippen LogP contribution in [0.15, 0.2) is 10.2 Å². The molecule has 0 atom stereocenters. The highest BCUT2D eigenvalue weighted by Crippen LogP contribution is 2.31. The minimum Gasteiger partial charge on any atom is -0.326 e. The fourth-order valence-corrected chi connectivity index (χ4v) is 3.21. The molecular weight excluding hydrogens is 278 g/mol. The van der Waals surface area contributed by atoms with E-state index >= 15 is 0 Å². The Morgan fingerprint density at radius 2 is 1.09 bits per heavy atom. The first-order valence-corrected chi connectivity index (χ1v) is 7.58. The second kappa shape index (κ2) is 8.95. The van der Waals surface area contributed by atoms with Gasteiger partial charge in [-0.25, -0.2) is 0 Å². The average molecular weight is 301 g/mol. The molecule has 0 amide bonds. The summed E-state index contributed by atoms with van der Waals surface area (Å²) >= 11 is 0. The molecule has 22 heavy (non-hydrogen) atoms. The van der Waals surface area contributed by atoms with E-state index < -0.39 is 0 Å². The molecule has 0 radical (unpaired) electrons. The highest BCUT2D eigenvalue weighted by Gasteiger charge is 2.19. The molecule has 0 heterocycles. The van der Waals surface area contributed by atoms with E-state index in [2.05, 4.69) is 40.8 Å². The lowest BCUT2D eigenvalue weighted by atomic mass is 9.83. The minimum atomic E-state index is 0.309. The van der Waals surface area contributed by atoms with Gasteiger partial charge in [-0.2, -0.15) is 0 Å². The van der Waals surface area contributed by atoms with Crippen LogP contribution in [0.25, 0.3) is 20.9 Å². The van der Waals surface area contributed by atoms with Crippen LogP contribution >= 0.6 is 0 Å². The zero-order chi connectivity index (χ0) is 16.5. The van der Waals surface area contributed by atoms with Crippen molar-refractivity contribution >= 4 is 0 Å². The lowest BCUT2D eigenvalue weighted by Gasteiger charge is -2.24. The van der Waals surface area contributed by atoms with E-state index in [9.17, 15) is 0 Å². The van der Waals surface area contributed by atoms with Gasteiger partial charge in [-0.3, -0.25) is 0 Å².